The second-order valence-corrected chi connectivity index (χ2v) is 8.77. The van der Waals surface area contributed by atoms with Gasteiger partial charge in [-0.05, 0) is 82.9 Å². The maximum absolute atomic E-state index is 5.09. The van der Waals surface area contributed by atoms with Crippen molar-refractivity contribution in [2.75, 3.05) is 19.0 Å². The molecule has 31 heavy (non-hydrogen) atoms. The molecule has 0 bridgehead atoms. The molecule has 0 atom stereocenters. The highest BCUT2D eigenvalue weighted by Crippen LogP contribution is 2.38. The van der Waals surface area contributed by atoms with Crippen LogP contribution in [0.25, 0.3) is 11.4 Å². The first-order valence-electron chi connectivity index (χ1n) is 10.6. The Morgan fingerprint density at radius 2 is 1.29 bits per heavy atom. The van der Waals surface area contributed by atoms with E-state index in [4.69, 9.17) is 10.1 Å². The second kappa shape index (κ2) is 7.45. The van der Waals surface area contributed by atoms with Crippen molar-refractivity contribution in [2.24, 2.45) is 10.1 Å². The van der Waals surface area contributed by atoms with Crippen LogP contribution in [0.15, 0.2) is 28.3 Å². The van der Waals surface area contributed by atoms with Crippen LogP contribution in [0.1, 0.15) is 46.1 Å². The van der Waals surface area contributed by atoms with Crippen molar-refractivity contribution in [2.45, 2.75) is 48.5 Å². The molecule has 0 saturated carbocycles. The van der Waals surface area contributed by atoms with Crippen molar-refractivity contribution in [3.8, 4) is 11.4 Å². The summed E-state index contributed by atoms with van der Waals surface area (Å²) in [6.45, 7) is 14.8. The third-order valence-electron chi connectivity index (χ3n) is 6.14. The standard InChI is InChI=1S/C25H30N6/c1-13-10-14(2)12-20(11-13)24-27-28-25-22(19(7)29-31(24)25)26-21-15(3)17(5)23(30(8)9)18(6)16(21)4/h10-12H,1-9H3. The van der Waals surface area contributed by atoms with E-state index in [1.165, 1.54) is 39.1 Å². The lowest BCUT2D eigenvalue weighted by molar-refractivity contribution is 0.889. The largest absolute Gasteiger partial charge is 0.377 e. The molecule has 0 spiro atoms. The van der Waals surface area contributed by atoms with Gasteiger partial charge in [0.1, 0.15) is 5.71 Å². The van der Waals surface area contributed by atoms with Gasteiger partial charge in [0.2, 0.25) is 5.82 Å². The van der Waals surface area contributed by atoms with Gasteiger partial charge in [-0.25, -0.2) is 4.99 Å². The molecule has 6 nitrogen and oxygen atoms in total. The van der Waals surface area contributed by atoms with Gasteiger partial charge in [0.05, 0.1) is 11.4 Å². The van der Waals surface area contributed by atoms with E-state index in [1.807, 2.05) is 11.6 Å². The van der Waals surface area contributed by atoms with E-state index < -0.39 is 0 Å². The van der Waals surface area contributed by atoms with Gasteiger partial charge in [-0.1, -0.05) is 17.2 Å². The first-order valence-corrected chi connectivity index (χ1v) is 10.6. The zero-order chi connectivity index (χ0) is 22.6. The summed E-state index contributed by atoms with van der Waals surface area (Å²) in [6.07, 6.45) is 0. The quantitative estimate of drug-likeness (QED) is 0.590. The maximum atomic E-state index is 5.09. The fourth-order valence-electron chi connectivity index (χ4n) is 4.52. The van der Waals surface area contributed by atoms with E-state index in [0.29, 0.717) is 5.82 Å². The van der Waals surface area contributed by atoms with E-state index in [1.54, 1.807) is 0 Å². The Bertz CT molecular complexity index is 1220. The number of hydrogen-bond acceptors (Lipinski definition) is 5. The van der Waals surface area contributed by atoms with Crippen LogP contribution in [-0.4, -0.2) is 40.4 Å². The molecular weight excluding hydrogens is 384 g/mol. The number of aliphatic imine (C=N–C) groups is 1. The Kier molecular flexibility index (Phi) is 5.04. The molecule has 160 valence electrons. The molecule has 1 aromatic heterocycles. The fraction of sp³-hybridized carbons (Fsp3) is 0.360. The highest BCUT2D eigenvalue weighted by molar-refractivity contribution is 6.48. The summed E-state index contributed by atoms with van der Waals surface area (Å²) in [7, 11) is 4.18. The summed E-state index contributed by atoms with van der Waals surface area (Å²) in [5.74, 6) is 1.44. The third kappa shape index (κ3) is 3.36. The van der Waals surface area contributed by atoms with Gasteiger partial charge >= 0.3 is 0 Å². The number of fused-ring (bicyclic) bond motifs is 1. The Labute approximate surface area is 184 Å². The molecule has 3 aromatic rings. The van der Waals surface area contributed by atoms with Gasteiger partial charge in [0, 0.05) is 25.3 Å². The molecule has 2 aromatic carbocycles. The summed E-state index contributed by atoms with van der Waals surface area (Å²) < 4.78 is 1.82. The summed E-state index contributed by atoms with van der Waals surface area (Å²) in [4.78, 5) is 7.26. The average molecular weight is 415 g/mol. The SMILES string of the molecule is CC1=Nn2c(nnc2-c2cc(C)cc(C)c2)C1=Nc1c(C)c(C)c(N(C)C)c(C)c1C. The fourth-order valence-corrected chi connectivity index (χ4v) is 4.52. The first kappa shape index (κ1) is 21.0. The normalized spacial score (nSPS) is 14.2. The Morgan fingerprint density at radius 3 is 1.84 bits per heavy atom. The van der Waals surface area contributed by atoms with Crippen molar-refractivity contribution in [1.29, 1.82) is 0 Å². The van der Waals surface area contributed by atoms with Gasteiger partial charge in [-0.2, -0.15) is 9.78 Å². The Hall–Kier alpha value is -3.28. The molecule has 1 aliphatic rings. The smallest absolute Gasteiger partial charge is 0.205 e. The van der Waals surface area contributed by atoms with Crippen LogP contribution in [-0.2, 0) is 0 Å². The molecular formula is C25H30N6. The van der Waals surface area contributed by atoms with Crippen LogP contribution < -0.4 is 4.90 Å². The molecule has 0 fully saturated rings. The van der Waals surface area contributed by atoms with E-state index in [0.717, 1.165) is 28.5 Å². The van der Waals surface area contributed by atoms with E-state index in [-0.39, 0.29) is 0 Å². The molecule has 0 unspecified atom stereocenters. The van der Waals surface area contributed by atoms with Gasteiger partial charge in [0.25, 0.3) is 0 Å². The Morgan fingerprint density at radius 1 is 0.742 bits per heavy atom. The monoisotopic (exact) mass is 414 g/mol. The molecule has 1 aliphatic heterocycles. The maximum Gasteiger partial charge on any atom is 0.205 e. The topological polar surface area (TPSA) is 58.7 Å². The van der Waals surface area contributed by atoms with Crippen LogP contribution in [0.4, 0.5) is 11.4 Å². The second-order valence-electron chi connectivity index (χ2n) is 8.77. The van der Waals surface area contributed by atoms with E-state index in [2.05, 4.69) is 88.9 Å². The lowest BCUT2D eigenvalue weighted by Crippen LogP contribution is -2.14. The van der Waals surface area contributed by atoms with Gasteiger partial charge in [0.15, 0.2) is 5.82 Å². The molecule has 0 saturated heterocycles. The van der Waals surface area contributed by atoms with Gasteiger partial charge in [-0.3, -0.25) is 0 Å². The van der Waals surface area contributed by atoms with Crippen LogP contribution in [0, 0.1) is 41.5 Å². The first-order chi connectivity index (χ1) is 14.6. The zero-order valence-electron chi connectivity index (χ0n) is 19.9. The number of rotatable bonds is 3. The van der Waals surface area contributed by atoms with Crippen molar-refractivity contribution in [1.82, 2.24) is 14.9 Å². The van der Waals surface area contributed by atoms with Crippen molar-refractivity contribution < 1.29 is 0 Å². The number of benzene rings is 2. The van der Waals surface area contributed by atoms with Crippen molar-refractivity contribution in [3.05, 3.63) is 57.4 Å². The summed E-state index contributed by atoms with van der Waals surface area (Å²) in [5.41, 5.74) is 12.1. The van der Waals surface area contributed by atoms with Crippen molar-refractivity contribution >= 4 is 22.8 Å². The summed E-state index contributed by atoms with van der Waals surface area (Å²) >= 11 is 0. The highest BCUT2D eigenvalue weighted by Gasteiger charge is 2.27. The summed E-state index contributed by atoms with van der Waals surface area (Å²) in [6, 6.07) is 6.39. The lowest BCUT2D eigenvalue weighted by atomic mass is 9.95. The lowest BCUT2D eigenvalue weighted by Gasteiger charge is -2.24. The van der Waals surface area contributed by atoms with E-state index in [9.17, 15) is 0 Å². The predicted molar refractivity (Wildman–Crippen MR) is 129 cm³/mol. The van der Waals surface area contributed by atoms with Crippen LogP contribution in [0.5, 0.6) is 0 Å². The number of hydrogen-bond donors (Lipinski definition) is 0. The van der Waals surface area contributed by atoms with E-state index >= 15 is 0 Å². The van der Waals surface area contributed by atoms with Crippen LogP contribution in [0.2, 0.25) is 0 Å². The zero-order valence-corrected chi connectivity index (χ0v) is 19.9. The van der Waals surface area contributed by atoms with Crippen molar-refractivity contribution in [3.63, 3.8) is 0 Å². The molecule has 0 N–H and O–H groups in total. The predicted octanol–water partition coefficient (Wildman–Crippen LogP) is 5.22. The van der Waals surface area contributed by atoms with Crippen LogP contribution >= 0.6 is 0 Å². The minimum atomic E-state index is 0.692. The number of aromatic nitrogens is 3. The van der Waals surface area contributed by atoms with Crippen LogP contribution in [0.3, 0.4) is 0 Å². The molecule has 6 heteroatoms. The Balaban J connectivity index is 1.87. The highest BCUT2D eigenvalue weighted by atomic mass is 15.5. The average Bonchev–Trinajstić information content (AvgIpc) is 3.21. The molecule has 0 radical (unpaired) electrons. The molecule has 2 heterocycles. The minimum absolute atomic E-state index is 0.692. The number of aryl methyl sites for hydroxylation is 2. The molecule has 4 rings (SSSR count). The third-order valence-corrected chi connectivity index (χ3v) is 6.14. The molecule has 0 amide bonds. The molecule has 0 aliphatic carbocycles. The summed E-state index contributed by atoms with van der Waals surface area (Å²) in [5, 5.41) is 13.7. The number of anilines is 1. The number of nitrogens with zero attached hydrogens (tertiary/aromatic N) is 6. The van der Waals surface area contributed by atoms with Gasteiger partial charge < -0.3 is 4.90 Å². The van der Waals surface area contributed by atoms with Gasteiger partial charge in [-0.15, -0.1) is 10.2 Å². The minimum Gasteiger partial charge on any atom is -0.377 e.